The second kappa shape index (κ2) is 7.10. The number of non-ortho nitro benzene ring substituents is 1. The Morgan fingerprint density at radius 1 is 1.35 bits per heavy atom. The number of methoxy groups -OCH3 is 1. The third-order valence-electron chi connectivity index (χ3n) is 2.40. The number of rotatable bonds is 7. The van der Waals surface area contributed by atoms with E-state index in [0.717, 1.165) is 12.1 Å². The van der Waals surface area contributed by atoms with Crippen molar-refractivity contribution in [3.63, 3.8) is 0 Å². The number of hydrogen-bond acceptors (Lipinski definition) is 6. The van der Waals surface area contributed by atoms with E-state index in [4.69, 9.17) is 0 Å². The number of nitrogens with zero attached hydrogens (tertiary/aromatic N) is 2. The number of nitro groups is 2. The van der Waals surface area contributed by atoms with Crippen LogP contribution in [0.25, 0.3) is 6.08 Å². The van der Waals surface area contributed by atoms with Crippen LogP contribution in [0, 0.1) is 20.2 Å². The van der Waals surface area contributed by atoms with Crippen molar-refractivity contribution in [2.75, 3.05) is 13.7 Å². The molecule has 0 aromatic heterocycles. The minimum Gasteiger partial charge on any atom is -0.384 e. The van der Waals surface area contributed by atoms with Gasteiger partial charge in [0.1, 0.15) is 0 Å². The maximum absolute atomic E-state index is 11.6. The van der Waals surface area contributed by atoms with Crippen molar-refractivity contribution in [1.29, 1.82) is 0 Å². The fourth-order valence-corrected chi connectivity index (χ4v) is 1.44. The van der Waals surface area contributed by atoms with Crippen LogP contribution in [0.4, 0.5) is 5.69 Å². The monoisotopic (exact) mass is 280 g/mol. The zero-order chi connectivity index (χ0) is 15.1. The van der Waals surface area contributed by atoms with E-state index in [-0.39, 0.29) is 24.3 Å². The van der Waals surface area contributed by atoms with Gasteiger partial charge in [-0.25, -0.2) is 0 Å². The van der Waals surface area contributed by atoms with Crippen LogP contribution in [0.5, 0.6) is 0 Å². The molecule has 0 spiro atoms. The van der Waals surface area contributed by atoms with E-state index in [2.05, 4.69) is 4.74 Å². The Hall–Kier alpha value is -2.61. The van der Waals surface area contributed by atoms with E-state index >= 15 is 0 Å². The van der Waals surface area contributed by atoms with Gasteiger partial charge in [-0.15, -0.1) is 0 Å². The zero-order valence-corrected chi connectivity index (χ0v) is 10.6. The maximum Gasteiger partial charge on any atom is 0.312 e. The molecule has 0 aliphatic heterocycles. The van der Waals surface area contributed by atoms with Gasteiger partial charge < -0.3 is 4.74 Å². The highest BCUT2D eigenvalue weighted by atomic mass is 16.6. The molecule has 0 aliphatic rings. The van der Waals surface area contributed by atoms with Gasteiger partial charge in [-0.05, 0) is 5.56 Å². The fourth-order valence-electron chi connectivity index (χ4n) is 1.44. The Morgan fingerprint density at radius 3 is 2.60 bits per heavy atom. The lowest BCUT2D eigenvalue weighted by Crippen LogP contribution is -2.13. The molecule has 1 rings (SSSR count). The molecule has 20 heavy (non-hydrogen) atoms. The number of benzene rings is 1. The number of carbonyl (C=O) groups excluding carboxylic acids is 1. The van der Waals surface area contributed by atoms with Gasteiger partial charge in [0.2, 0.25) is 5.78 Å². The summed E-state index contributed by atoms with van der Waals surface area (Å²) in [4.78, 5) is 31.7. The SMILES string of the molecule is COCCC(=O)C(=Cc1cccc([N+](=O)[O-])c1)[N+](=O)[O-]. The summed E-state index contributed by atoms with van der Waals surface area (Å²) in [6.07, 6.45) is 0.892. The largest absolute Gasteiger partial charge is 0.384 e. The van der Waals surface area contributed by atoms with E-state index < -0.39 is 21.3 Å². The van der Waals surface area contributed by atoms with Crippen LogP contribution in [-0.2, 0) is 9.53 Å². The van der Waals surface area contributed by atoms with Crippen LogP contribution in [0.1, 0.15) is 12.0 Å². The van der Waals surface area contributed by atoms with Gasteiger partial charge in [0.25, 0.3) is 5.69 Å². The van der Waals surface area contributed by atoms with E-state index in [9.17, 15) is 25.0 Å². The molecule has 0 saturated heterocycles. The van der Waals surface area contributed by atoms with Crippen molar-refractivity contribution in [3.8, 4) is 0 Å². The van der Waals surface area contributed by atoms with Crippen molar-refractivity contribution >= 4 is 17.5 Å². The maximum atomic E-state index is 11.6. The number of Topliss-reactive ketones (excluding diaryl/α,β-unsaturated/α-hetero) is 1. The Kier molecular flexibility index (Phi) is 5.48. The molecule has 0 aliphatic carbocycles. The van der Waals surface area contributed by atoms with Gasteiger partial charge in [-0.3, -0.25) is 25.0 Å². The fraction of sp³-hybridized carbons (Fsp3) is 0.250. The molecular formula is C12H12N2O6. The lowest BCUT2D eigenvalue weighted by atomic mass is 10.1. The van der Waals surface area contributed by atoms with Crippen LogP contribution in [0.15, 0.2) is 30.0 Å². The average Bonchev–Trinajstić information content (AvgIpc) is 2.42. The molecular weight excluding hydrogens is 268 g/mol. The first-order valence-corrected chi connectivity index (χ1v) is 5.58. The second-order valence-electron chi connectivity index (χ2n) is 3.80. The summed E-state index contributed by atoms with van der Waals surface area (Å²) < 4.78 is 4.68. The smallest absolute Gasteiger partial charge is 0.312 e. The van der Waals surface area contributed by atoms with E-state index in [1.807, 2.05) is 0 Å². The minimum atomic E-state index is -0.809. The third-order valence-corrected chi connectivity index (χ3v) is 2.40. The summed E-state index contributed by atoms with van der Waals surface area (Å²) in [5.41, 5.74) is -0.606. The lowest BCUT2D eigenvalue weighted by molar-refractivity contribution is -0.417. The van der Waals surface area contributed by atoms with Crippen LogP contribution < -0.4 is 0 Å². The van der Waals surface area contributed by atoms with E-state index in [0.29, 0.717) is 0 Å². The number of ether oxygens (including phenoxy) is 1. The summed E-state index contributed by atoms with van der Waals surface area (Å²) in [6, 6.07) is 5.25. The molecule has 1 aromatic carbocycles. The number of hydrogen-bond donors (Lipinski definition) is 0. The zero-order valence-electron chi connectivity index (χ0n) is 10.6. The van der Waals surface area contributed by atoms with Gasteiger partial charge in [0, 0.05) is 31.7 Å². The molecule has 0 amide bonds. The predicted molar refractivity (Wildman–Crippen MR) is 69.6 cm³/mol. The molecule has 8 nitrogen and oxygen atoms in total. The molecule has 8 heteroatoms. The van der Waals surface area contributed by atoms with Crippen molar-refractivity contribution in [2.24, 2.45) is 0 Å². The van der Waals surface area contributed by atoms with Crippen molar-refractivity contribution < 1.29 is 19.4 Å². The molecule has 0 fully saturated rings. The first kappa shape index (κ1) is 15.4. The summed E-state index contributed by atoms with van der Waals surface area (Å²) in [6.45, 7) is 0.0684. The molecule has 0 unspecified atom stereocenters. The number of nitro benzene ring substituents is 1. The van der Waals surface area contributed by atoms with Gasteiger partial charge in [-0.2, -0.15) is 0 Å². The summed E-state index contributed by atoms with van der Waals surface area (Å²) in [7, 11) is 1.38. The Morgan fingerprint density at radius 2 is 2.05 bits per heavy atom. The summed E-state index contributed by atoms with van der Waals surface area (Å²) in [5, 5.41) is 21.5. The Balaban J connectivity index is 3.08. The van der Waals surface area contributed by atoms with Crippen LogP contribution in [0.2, 0.25) is 0 Å². The Labute approximate surface area is 114 Å². The average molecular weight is 280 g/mol. The van der Waals surface area contributed by atoms with Gasteiger partial charge in [0.15, 0.2) is 0 Å². The van der Waals surface area contributed by atoms with Crippen LogP contribution in [-0.4, -0.2) is 29.3 Å². The number of carbonyl (C=O) groups is 1. The van der Waals surface area contributed by atoms with Gasteiger partial charge in [0.05, 0.1) is 16.5 Å². The van der Waals surface area contributed by atoms with Gasteiger partial charge >= 0.3 is 5.70 Å². The first-order valence-electron chi connectivity index (χ1n) is 5.58. The van der Waals surface area contributed by atoms with E-state index in [1.54, 1.807) is 0 Å². The standard InChI is InChI=1S/C12H12N2O6/c1-20-6-5-12(15)11(14(18)19)8-9-3-2-4-10(7-9)13(16)17/h2-4,7-8H,5-6H2,1H3. The minimum absolute atomic E-state index is 0.0684. The van der Waals surface area contributed by atoms with Gasteiger partial charge in [-0.1, -0.05) is 12.1 Å². The highest BCUT2D eigenvalue weighted by Crippen LogP contribution is 2.16. The molecule has 1 aromatic rings. The number of ketones is 1. The molecule has 0 N–H and O–H groups in total. The molecule has 0 heterocycles. The molecule has 106 valence electrons. The summed E-state index contributed by atoms with van der Waals surface area (Å²) in [5.74, 6) is -0.691. The first-order chi connectivity index (χ1) is 9.45. The normalized spacial score (nSPS) is 11.2. The van der Waals surface area contributed by atoms with E-state index in [1.165, 1.54) is 25.3 Å². The molecule has 0 saturated carbocycles. The predicted octanol–water partition coefficient (Wildman–Crippen LogP) is 1.82. The highest BCUT2D eigenvalue weighted by molar-refractivity contribution is 5.97. The second-order valence-corrected chi connectivity index (χ2v) is 3.80. The molecule has 0 radical (unpaired) electrons. The molecule has 0 bridgehead atoms. The van der Waals surface area contributed by atoms with Crippen molar-refractivity contribution in [2.45, 2.75) is 6.42 Å². The molecule has 0 atom stereocenters. The number of allylic oxidation sites excluding steroid dienone is 1. The van der Waals surface area contributed by atoms with Crippen LogP contribution in [0.3, 0.4) is 0 Å². The van der Waals surface area contributed by atoms with Crippen molar-refractivity contribution in [1.82, 2.24) is 0 Å². The Bertz CT molecular complexity index is 567. The topological polar surface area (TPSA) is 113 Å². The summed E-state index contributed by atoms with van der Waals surface area (Å²) >= 11 is 0. The third kappa shape index (κ3) is 4.25. The highest BCUT2D eigenvalue weighted by Gasteiger charge is 2.21. The lowest BCUT2D eigenvalue weighted by Gasteiger charge is -1.99. The quantitative estimate of drug-likeness (QED) is 0.427. The van der Waals surface area contributed by atoms with Crippen LogP contribution >= 0.6 is 0 Å². The van der Waals surface area contributed by atoms with Crippen molar-refractivity contribution in [3.05, 3.63) is 55.8 Å².